The van der Waals surface area contributed by atoms with Crippen LogP contribution in [0, 0.1) is 6.92 Å². The van der Waals surface area contributed by atoms with Gasteiger partial charge in [0.15, 0.2) is 0 Å². The van der Waals surface area contributed by atoms with E-state index in [0.29, 0.717) is 5.92 Å². The Bertz CT molecular complexity index is 891. The number of rotatable bonds is 8. The summed E-state index contributed by atoms with van der Waals surface area (Å²) in [5.41, 5.74) is 11.3. The average molecular weight is 373 g/mol. The molecule has 1 aliphatic rings. The summed E-state index contributed by atoms with van der Waals surface area (Å²) < 4.78 is 0. The molecule has 0 fully saturated rings. The molecule has 0 spiro atoms. The molecule has 2 aromatic carbocycles. The van der Waals surface area contributed by atoms with E-state index in [0.717, 1.165) is 0 Å². The van der Waals surface area contributed by atoms with Crippen molar-refractivity contribution in [2.45, 2.75) is 78.1 Å². The van der Waals surface area contributed by atoms with Crippen LogP contribution in [0.3, 0.4) is 0 Å². The first-order valence-corrected chi connectivity index (χ1v) is 11.1. The molecule has 0 radical (unpaired) electrons. The number of fused-ring (bicyclic) bond motifs is 3. The van der Waals surface area contributed by atoms with Crippen molar-refractivity contribution in [3.63, 3.8) is 0 Å². The van der Waals surface area contributed by atoms with Gasteiger partial charge in [0, 0.05) is 5.41 Å². The average Bonchev–Trinajstić information content (AvgIpc) is 2.96. The van der Waals surface area contributed by atoms with Gasteiger partial charge in [-0.15, -0.1) is 0 Å². The van der Waals surface area contributed by atoms with Crippen molar-refractivity contribution in [2.75, 3.05) is 0 Å². The van der Waals surface area contributed by atoms with Crippen LogP contribution < -0.4 is 0 Å². The molecule has 0 aromatic heterocycles. The van der Waals surface area contributed by atoms with Crippen molar-refractivity contribution in [3.8, 4) is 11.1 Å². The van der Waals surface area contributed by atoms with Gasteiger partial charge in [0.2, 0.25) is 0 Å². The highest BCUT2D eigenvalue weighted by Crippen LogP contribution is 2.56. The minimum atomic E-state index is 0.125. The van der Waals surface area contributed by atoms with Crippen molar-refractivity contribution in [3.05, 3.63) is 70.8 Å². The summed E-state index contributed by atoms with van der Waals surface area (Å²) in [6.45, 7) is 19.8. The zero-order valence-electron chi connectivity index (χ0n) is 18.5. The SMILES string of the molecule is C=Cc1c(C)cc2c(c1C=C)-c1ccc(C(C)CC)cc1C2(CCC)CCC. The van der Waals surface area contributed by atoms with E-state index in [4.69, 9.17) is 0 Å². The monoisotopic (exact) mass is 372 g/mol. The predicted molar refractivity (Wildman–Crippen MR) is 126 cm³/mol. The summed E-state index contributed by atoms with van der Waals surface area (Å²) >= 11 is 0. The lowest BCUT2D eigenvalue weighted by Gasteiger charge is -2.33. The Kier molecular flexibility index (Phi) is 5.98. The van der Waals surface area contributed by atoms with Crippen LogP contribution >= 0.6 is 0 Å². The summed E-state index contributed by atoms with van der Waals surface area (Å²) in [7, 11) is 0. The molecular formula is C28H36. The van der Waals surface area contributed by atoms with Crippen LogP contribution in [0.5, 0.6) is 0 Å². The van der Waals surface area contributed by atoms with E-state index in [1.165, 1.54) is 71.0 Å². The molecule has 28 heavy (non-hydrogen) atoms. The van der Waals surface area contributed by atoms with Gasteiger partial charge in [-0.2, -0.15) is 0 Å². The van der Waals surface area contributed by atoms with Crippen LogP contribution in [0.2, 0.25) is 0 Å². The van der Waals surface area contributed by atoms with Gasteiger partial charge in [-0.1, -0.05) is 90.1 Å². The molecule has 3 rings (SSSR count). The first-order valence-electron chi connectivity index (χ1n) is 11.1. The van der Waals surface area contributed by atoms with Crippen molar-refractivity contribution in [1.82, 2.24) is 0 Å². The fraction of sp³-hybridized carbons (Fsp3) is 0.429. The summed E-state index contributed by atoms with van der Waals surface area (Å²) in [4.78, 5) is 0. The third-order valence-corrected chi connectivity index (χ3v) is 6.90. The van der Waals surface area contributed by atoms with Gasteiger partial charge in [0.05, 0.1) is 0 Å². The number of hydrogen-bond donors (Lipinski definition) is 0. The number of benzene rings is 2. The molecule has 1 aliphatic carbocycles. The molecule has 0 heterocycles. The van der Waals surface area contributed by atoms with Crippen molar-refractivity contribution in [1.29, 1.82) is 0 Å². The molecule has 0 amide bonds. The fourth-order valence-corrected chi connectivity index (χ4v) is 5.39. The predicted octanol–water partition coefficient (Wildman–Crippen LogP) is 8.66. The lowest BCUT2D eigenvalue weighted by atomic mass is 9.70. The third-order valence-electron chi connectivity index (χ3n) is 6.90. The second kappa shape index (κ2) is 8.11. The minimum absolute atomic E-state index is 0.125. The maximum atomic E-state index is 4.18. The Morgan fingerprint density at radius 3 is 2.11 bits per heavy atom. The molecule has 1 unspecified atom stereocenters. The number of aryl methyl sites for hydroxylation is 1. The number of hydrogen-bond acceptors (Lipinski definition) is 0. The van der Waals surface area contributed by atoms with Crippen LogP contribution in [0.1, 0.15) is 99.1 Å². The van der Waals surface area contributed by atoms with Crippen molar-refractivity contribution >= 4 is 12.2 Å². The highest BCUT2D eigenvalue weighted by Gasteiger charge is 2.43. The molecule has 0 heteroatoms. The quantitative estimate of drug-likeness (QED) is 0.435. The summed E-state index contributed by atoms with van der Waals surface area (Å²) in [5.74, 6) is 0.597. The minimum Gasteiger partial charge on any atom is -0.0984 e. The van der Waals surface area contributed by atoms with Gasteiger partial charge in [0.1, 0.15) is 0 Å². The van der Waals surface area contributed by atoms with E-state index in [9.17, 15) is 0 Å². The Morgan fingerprint density at radius 2 is 1.57 bits per heavy atom. The van der Waals surface area contributed by atoms with Crippen LogP contribution in [0.4, 0.5) is 0 Å². The van der Waals surface area contributed by atoms with Crippen LogP contribution in [-0.4, -0.2) is 0 Å². The lowest BCUT2D eigenvalue weighted by Crippen LogP contribution is -2.25. The molecule has 0 N–H and O–H groups in total. The molecule has 148 valence electrons. The molecule has 1 atom stereocenters. The third kappa shape index (κ3) is 2.98. The molecule has 0 nitrogen and oxygen atoms in total. The van der Waals surface area contributed by atoms with E-state index in [-0.39, 0.29) is 5.41 Å². The maximum absolute atomic E-state index is 4.18. The van der Waals surface area contributed by atoms with Crippen LogP contribution in [0.15, 0.2) is 37.4 Å². The van der Waals surface area contributed by atoms with Crippen LogP contribution in [-0.2, 0) is 5.41 Å². The molecule has 0 saturated heterocycles. The Labute approximate surface area is 172 Å². The van der Waals surface area contributed by atoms with Gasteiger partial charge in [-0.3, -0.25) is 0 Å². The first-order chi connectivity index (χ1) is 13.5. The van der Waals surface area contributed by atoms with Gasteiger partial charge < -0.3 is 0 Å². The Hall–Kier alpha value is -2.08. The van der Waals surface area contributed by atoms with Gasteiger partial charge in [0.25, 0.3) is 0 Å². The second-order valence-corrected chi connectivity index (χ2v) is 8.55. The molecule has 0 saturated carbocycles. The van der Waals surface area contributed by atoms with E-state index in [1.54, 1.807) is 5.56 Å². The maximum Gasteiger partial charge on any atom is 0.0215 e. The Balaban J connectivity index is 2.43. The van der Waals surface area contributed by atoms with Crippen LogP contribution in [0.25, 0.3) is 23.3 Å². The molecule has 0 aliphatic heterocycles. The first kappa shape index (κ1) is 20.6. The fourth-order valence-electron chi connectivity index (χ4n) is 5.39. The molecular weight excluding hydrogens is 336 g/mol. The summed E-state index contributed by atoms with van der Waals surface area (Å²) in [6.07, 6.45) is 10.0. The van der Waals surface area contributed by atoms with E-state index >= 15 is 0 Å². The molecule has 2 aromatic rings. The second-order valence-electron chi connectivity index (χ2n) is 8.55. The largest absolute Gasteiger partial charge is 0.0984 e. The summed E-state index contributed by atoms with van der Waals surface area (Å²) in [5, 5.41) is 0. The smallest absolute Gasteiger partial charge is 0.0215 e. The normalized spacial score (nSPS) is 15.0. The topological polar surface area (TPSA) is 0 Å². The zero-order valence-corrected chi connectivity index (χ0v) is 18.5. The Morgan fingerprint density at radius 1 is 0.929 bits per heavy atom. The van der Waals surface area contributed by atoms with Crippen molar-refractivity contribution in [2.24, 2.45) is 0 Å². The van der Waals surface area contributed by atoms with Crippen molar-refractivity contribution < 1.29 is 0 Å². The zero-order chi connectivity index (χ0) is 20.5. The van der Waals surface area contributed by atoms with Gasteiger partial charge in [-0.05, 0) is 76.6 Å². The van der Waals surface area contributed by atoms with Gasteiger partial charge in [-0.25, -0.2) is 0 Å². The van der Waals surface area contributed by atoms with E-state index < -0.39 is 0 Å². The van der Waals surface area contributed by atoms with E-state index in [1.807, 2.05) is 12.2 Å². The van der Waals surface area contributed by atoms with E-state index in [2.05, 4.69) is 72.0 Å². The van der Waals surface area contributed by atoms with Gasteiger partial charge >= 0.3 is 0 Å². The molecule has 0 bridgehead atoms. The summed E-state index contributed by atoms with van der Waals surface area (Å²) in [6, 6.07) is 9.72. The standard InChI is InChI=1S/C28H36/c1-8-15-28(16-9-2)25-18-21(19(6)10-3)13-14-24(25)27-23(12-5)22(11-4)20(7)17-26(27)28/h11-14,17-19H,4-5,8-10,15-16H2,1-3,6-7H3. The lowest BCUT2D eigenvalue weighted by molar-refractivity contribution is 0.435. The highest BCUT2D eigenvalue weighted by atomic mass is 14.5. The highest BCUT2D eigenvalue weighted by molar-refractivity contribution is 5.91.